The predicted molar refractivity (Wildman–Crippen MR) is 57.0 cm³/mol. The van der Waals surface area contributed by atoms with E-state index in [4.69, 9.17) is 5.73 Å². The molecular formula is C12H12F3NO2. The molecule has 6 heteroatoms. The van der Waals surface area contributed by atoms with Crippen LogP contribution in [0.4, 0.5) is 13.2 Å². The summed E-state index contributed by atoms with van der Waals surface area (Å²) in [5, 5.41) is 9.46. The van der Waals surface area contributed by atoms with Crippen molar-refractivity contribution in [1.82, 2.24) is 0 Å². The molecule has 3 nitrogen and oxygen atoms in total. The van der Waals surface area contributed by atoms with Crippen LogP contribution in [0.25, 0.3) is 0 Å². The van der Waals surface area contributed by atoms with E-state index in [-0.39, 0.29) is 12.8 Å². The molecule has 0 bridgehead atoms. The molecule has 18 heavy (non-hydrogen) atoms. The van der Waals surface area contributed by atoms with Crippen molar-refractivity contribution in [1.29, 1.82) is 0 Å². The summed E-state index contributed by atoms with van der Waals surface area (Å²) in [6, 6.07) is 1.35. The molecule has 2 atom stereocenters. The molecule has 0 aromatic heterocycles. The minimum atomic E-state index is -2.01. The Kier molecular flexibility index (Phi) is 3.16. The molecule has 3 N–H and O–H groups in total. The molecule has 0 heterocycles. The molecule has 0 amide bonds. The van der Waals surface area contributed by atoms with Crippen LogP contribution in [0.5, 0.6) is 0 Å². The number of hydrogen-bond donors (Lipinski definition) is 2. The van der Waals surface area contributed by atoms with Gasteiger partial charge in [-0.1, -0.05) is 0 Å². The van der Waals surface area contributed by atoms with E-state index in [0.717, 1.165) is 6.07 Å². The average Bonchev–Trinajstić information content (AvgIpc) is 2.31. The first-order valence-corrected chi connectivity index (χ1v) is 5.53. The summed E-state index contributed by atoms with van der Waals surface area (Å²) < 4.78 is 40.4. The third kappa shape index (κ3) is 1.81. The van der Waals surface area contributed by atoms with Crippen LogP contribution in [0, 0.1) is 17.5 Å². The molecule has 0 saturated heterocycles. The van der Waals surface area contributed by atoms with Gasteiger partial charge in [0.2, 0.25) is 0 Å². The highest BCUT2D eigenvalue weighted by molar-refractivity contribution is 5.93. The summed E-state index contributed by atoms with van der Waals surface area (Å²) in [5.74, 6) is -4.71. The van der Waals surface area contributed by atoms with E-state index >= 15 is 0 Å². The lowest BCUT2D eigenvalue weighted by atomic mass is 9.74. The predicted octanol–water partition coefficient (Wildman–Crippen LogP) is 1.37. The van der Waals surface area contributed by atoms with Crippen molar-refractivity contribution in [3.05, 3.63) is 35.1 Å². The van der Waals surface area contributed by atoms with E-state index in [2.05, 4.69) is 0 Å². The molecule has 2 rings (SSSR count). The lowest BCUT2D eigenvalue weighted by molar-refractivity contribution is -0.136. The van der Waals surface area contributed by atoms with Gasteiger partial charge < -0.3 is 10.8 Å². The van der Waals surface area contributed by atoms with Gasteiger partial charge in [0.15, 0.2) is 17.4 Å². The van der Waals surface area contributed by atoms with Crippen LogP contribution < -0.4 is 5.73 Å². The number of carbonyl (C=O) groups excluding carboxylic acids is 1. The minimum absolute atomic E-state index is 0.0276. The van der Waals surface area contributed by atoms with Crippen molar-refractivity contribution in [2.75, 3.05) is 0 Å². The van der Waals surface area contributed by atoms with Gasteiger partial charge in [-0.25, -0.2) is 13.2 Å². The van der Waals surface area contributed by atoms with Crippen LogP contribution in [0.15, 0.2) is 12.1 Å². The molecule has 0 radical (unpaired) electrons. The molecule has 1 aliphatic carbocycles. The Labute approximate surface area is 101 Å². The van der Waals surface area contributed by atoms with E-state index < -0.39 is 40.4 Å². The Bertz CT molecular complexity index is 506. The number of benzene rings is 1. The maximum Gasteiger partial charge on any atom is 0.185 e. The van der Waals surface area contributed by atoms with Crippen LogP contribution >= 0.6 is 0 Å². The zero-order valence-electron chi connectivity index (χ0n) is 9.42. The van der Waals surface area contributed by atoms with E-state index in [9.17, 15) is 23.1 Å². The summed E-state index contributed by atoms with van der Waals surface area (Å²) in [5.41, 5.74) is 2.92. The van der Waals surface area contributed by atoms with E-state index in [1.54, 1.807) is 0 Å². The second-order valence-corrected chi connectivity index (χ2v) is 4.46. The highest BCUT2D eigenvalue weighted by Crippen LogP contribution is 2.35. The van der Waals surface area contributed by atoms with E-state index in [1.165, 1.54) is 0 Å². The lowest BCUT2D eigenvalue weighted by Gasteiger charge is -2.35. The third-order valence-electron chi connectivity index (χ3n) is 3.28. The highest BCUT2D eigenvalue weighted by Gasteiger charge is 2.46. The number of carbonyl (C=O) groups is 1. The second kappa shape index (κ2) is 4.37. The molecular weight excluding hydrogens is 247 g/mol. The van der Waals surface area contributed by atoms with Gasteiger partial charge in [0.1, 0.15) is 17.5 Å². The van der Waals surface area contributed by atoms with Crippen LogP contribution in [0.2, 0.25) is 0 Å². The molecule has 1 aliphatic rings. The number of aliphatic hydroxyl groups is 1. The molecule has 98 valence electrons. The van der Waals surface area contributed by atoms with Gasteiger partial charge in [0.05, 0.1) is 5.56 Å². The van der Waals surface area contributed by atoms with Gasteiger partial charge in [-0.05, 0) is 31.4 Å². The summed E-state index contributed by atoms with van der Waals surface area (Å²) in [4.78, 5) is 11.8. The Morgan fingerprint density at radius 1 is 1.28 bits per heavy atom. The van der Waals surface area contributed by atoms with Crippen LogP contribution in [-0.4, -0.2) is 17.0 Å². The first-order chi connectivity index (χ1) is 8.38. The topological polar surface area (TPSA) is 63.3 Å². The normalized spacial score (nSPS) is 28.5. The summed E-state index contributed by atoms with van der Waals surface area (Å²) in [6.45, 7) is 0. The number of rotatable bonds is 1. The number of nitrogens with two attached hydrogens (primary N) is 1. The largest absolute Gasteiger partial charge is 0.385 e. The third-order valence-corrected chi connectivity index (χ3v) is 3.28. The lowest BCUT2D eigenvalue weighted by Crippen LogP contribution is -2.53. The van der Waals surface area contributed by atoms with Crippen molar-refractivity contribution in [3.63, 3.8) is 0 Å². The zero-order valence-corrected chi connectivity index (χ0v) is 9.42. The SMILES string of the molecule is NC1(c2c(F)ccc(F)c2F)CCCC(O)C1=O. The first-order valence-electron chi connectivity index (χ1n) is 5.53. The first kappa shape index (κ1) is 13.0. The monoisotopic (exact) mass is 259 g/mol. The Morgan fingerprint density at radius 3 is 2.56 bits per heavy atom. The number of Topliss-reactive ketones (excluding diaryl/α,β-unsaturated/α-hetero) is 1. The Hall–Kier alpha value is -1.40. The summed E-state index contributed by atoms with van der Waals surface area (Å²) in [7, 11) is 0. The second-order valence-electron chi connectivity index (χ2n) is 4.46. The summed E-state index contributed by atoms with van der Waals surface area (Å²) in [6.07, 6.45) is -0.874. The number of aliphatic hydroxyl groups excluding tert-OH is 1. The standard InChI is InChI=1S/C12H12F3NO2/c13-6-3-4-7(14)10(15)9(6)12(16)5-1-2-8(17)11(12)18/h3-4,8,17H,1-2,5,16H2. The fraction of sp³-hybridized carbons (Fsp3) is 0.417. The molecule has 1 saturated carbocycles. The van der Waals surface area contributed by atoms with Crippen LogP contribution in [-0.2, 0) is 10.3 Å². The molecule has 1 aromatic carbocycles. The quantitative estimate of drug-likeness (QED) is 0.749. The van der Waals surface area contributed by atoms with Crippen LogP contribution in [0.3, 0.4) is 0 Å². The van der Waals surface area contributed by atoms with Crippen molar-refractivity contribution >= 4 is 5.78 Å². The van der Waals surface area contributed by atoms with Gasteiger partial charge in [-0.2, -0.15) is 0 Å². The zero-order chi connectivity index (χ0) is 13.5. The maximum absolute atomic E-state index is 13.7. The van der Waals surface area contributed by atoms with Crippen LogP contribution in [0.1, 0.15) is 24.8 Å². The van der Waals surface area contributed by atoms with Crippen molar-refractivity contribution in [3.8, 4) is 0 Å². The molecule has 0 spiro atoms. The summed E-state index contributed by atoms with van der Waals surface area (Å²) >= 11 is 0. The Morgan fingerprint density at radius 2 is 1.89 bits per heavy atom. The molecule has 2 unspecified atom stereocenters. The molecule has 1 fully saturated rings. The fourth-order valence-corrected chi connectivity index (χ4v) is 2.31. The fourth-order valence-electron chi connectivity index (χ4n) is 2.31. The average molecular weight is 259 g/mol. The maximum atomic E-state index is 13.7. The van der Waals surface area contributed by atoms with Gasteiger partial charge in [-0.15, -0.1) is 0 Å². The number of halogens is 3. The van der Waals surface area contributed by atoms with Crippen molar-refractivity contribution in [2.45, 2.75) is 30.9 Å². The number of ketones is 1. The Balaban J connectivity index is 2.60. The van der Waals surface area contributed by atoms with Gasteiger partial charge in [0, 0.05) is 0 Å². The highest BCUT2D eigenvalue weighted by atomic mass is 19.2. The molecule has 1 aromatic rings. The van der Waals surface area contributed by atoms with E-state index in [1.807, 2.05) is 0 Å². The van der Waals surface area contributed by atoms with Gasteiger partial charge in [0.25, 0.3) is 0 Å². The smallest absolute Gasteiger partial charge is 0.185 e. The molecule has 0 aliphatic heterocycles. The number of hydrogen-bond acceptors (Lipinski definition) is 3. The van der Waals surface area contributed by atoms with Gasteiger partial charge in [-0.3, -0.25) is 4.79 Å². The minimum Gasteiger partial charge on any atom is -0.385 e. The van der Waals surface area contributed by atoms with Crippen molar-refractivity contribution < 1.29 is 23.1 Å². The van der Waals surface area contributed by atoms with Gasteiger partial charge >= 0.3 is 0 Å². The van der Waals surface area contributed by atoms with Crippen molar-refractivity contribution in [2.24, 2.45) is 5.73 Å². The van der Waals surface area contributed by atoms with E-state index in [0.29, 0.717) is 12.5 Å².